The largest absolute Gasteiger partial charge is 0.497 e. The summed E-state index contributed by atoms with van der Waals surface area (Å²) in [6.07, 6.45) is 3.71. The molecule has 0 radical (unpaired) electrons. The zero-order valence-corrected chi connectivity index (χ0v) is 14.6. The summed E-state index contributed by atoms with van der Waals surface area (Å²) in [5, 5.41) is 16.1. The first-order valence-corrected chi connectivity index (χ1v) is 8.16. The van der Waals surface area contributed by atoms with Crippen molar-refractivity contribution in [2.75, 3.05) is 7.11 Å². The molecule has 130 valence electrons. The lowest BCUT2D eigenvalue weighted by atomic mass is 10.2. The number of nitrogens with one attached hydrogen (secondary N) is 1. The van der Waals surface area contributed by atoms with Crippen LogP contribution in [0.2, 0.25) is 0 Å². The van der Waals surface area contributed by atoms with Crippen molar-refractivity contribution in [3.63, 3.8) is 0 Å². The van der Waals surface area contributed by atoms with E-state index in [9.17, 15) is 4.79 Å². The Balaban J connectivity index is 1.66. The maximum atomic E-state index is 12.3. The van der Waals surface area contributed by atoms with Crippen LogP contribution in [0.15, 0.2) is 36.7 Å². The third kappa shape index (κ3) is 4.12. The van der Waals surface area contributed by atoms with Crippen molar-refractivity contribution in [3.05, 3.63) is 47.9 Å². The Morgan fingerprint density at radius 2 is 2.12 bits per heavy atom. The fourth-order valence-electron chi connectivity index (χ4n) is 2.50. The second-order valence-corrected chi connectivity index (χ2v) is 6.30. The molecule has 0 unspecified atom stereocenters. The zero-order chi connectivity index (χ0) is 17.8. The topological polar surface area (TPSA) is 81.9 Å². The van der Waals surface area contributed by atoms with E-state index in [0.29, 0.717) is 23.7 Å². The van der Waals surface area contributed by atoms with Crippen molar-refractivity contribution in [1.82, 2.24) is 25.3 Å². The third-order valence-corrected chi connectivity index (χ3v) is 3.72. The second kappa shape index (κ2) is 7.29. The van der Waals surface area contributed by atoms with E-state index in [1.54, 1.807) is 25.4 Å². The van der Waals surface area contributed by atoms with E-state index in [2.05, 4.69) is 34.5 Å². The third-order valence-electron chi connectivity index (χ3n) is 3.72. The van der Waals surface area contributed by atoms with Gasteiger partial charge in [0.05, 0.1) is 18.8 Å². The van der Waals surface area contributed by atoms with Gasteiger partial charge in [0, 0.05) is 36.3 Å². The van der Waals surface area contributed by atoms with Gasteiger partial charge in [-0.3, -0.25) is 9.48 Å². The lowest BCUT2D eigenvalue weighted by molar-refractivity contribution is 0.0945. The number of carbonyl (C=O) groups excluding carboxylic acids is 1. The van der Waals surface area contributed by atoms with Crippen molar-refractivity contribution in [2.45, 2.75) is 26.9 Å². The van der Waals surface area contributed by atoms with E-state index in [1.165, 1.54) is 0 Å². The minimum atomic E-state index is -0.262. The lowest BCUT2D eigenvalue weighted by Crippen LogP contribution is -2.24. The van der Waals surface area contributed by atoms with Gasteiger partial charge in [-0.15, -0.1) is 10.2 Å². The maximum Gasteiger partial charge on any atom is 0.272 e. The smallest absolute Gasteiger partial charge is 0.272 e. The van der Waals surface area contributed by atoms with Crippen LogP contribution in [0.3, 0.4) is 0 Å². The lowest BCUT2D eigenvalue weighted by Gasteiger charge is -2.05. The number of ether oxygens (including phenoxy) is 1. The van der Waals surface area contributed by atoms with E-state index in [0.717, 1.165) is 17.5 Å². The van der Waals surface area contributed by atoms with Crippen LogP contribution in [-0.4, -0.2) is 33.0 Å². The van der Waals surface area contributed by atoms with Crippen molar-refractivity contribution < 1.29 is 9.53 Å². The van der Waals surface area contributed by atoms with E-state index in [-0.39, 0.29) is 11.6 Å². The number of hydrogen-bond acceptors (Lipinski definition) is 5. The first-order valence-electron chi connectivity index (χ1n) is 8.16. The number of fused-ring (bicyclic) bond motifs is 1. The fourth-order valence-corrected chi connectivity index (χ4v) is 2.50. The number of benzene rings is 1. The zero-order valence-electron chi connectivity index (χ0n) is 14.6. The molecule has 3 aromatic rings. The molecular weight excluding hydrogens is 318 g/mol. The maximum absolute atomic E-state index is 12.3. The van der Waals surface area contributed by atoms with Crippen molar-refractivity contribution in [2.24, 2.45) is 5.92 Å². The highest BCUT2D eigenvalue weighted by atomic mass is 16.5. The first kappa shape index (κ1) is 16.9. The molecule has 7 heteroatoms. The summed E-state index contributed by atoms with van der Waals surface area (Å²) in [6.45, 7) is 5.53. The molecule has 0 aliphatic carbocycles. The molecule has 2 aromatic heterocycles. The summed E-state index contributed by atoms with van der Waals surface area (Å²) in [5.74, 6) is 0.966. The second-order valence-electron chi connectivity index (χ2n) is 6.30. The molecule has 7 nitrogen and oxygen atoms in total. The average Bonchev–Trinajstić information content (AvgIpc) is 3.05. The van der Waals surface area contributed by atoms with E-state index in [4.69, 9.17) is 4.74 Å². The SMILES string of the molecule is COc1ccc2cc(C(=O)NCc3cnn(CC(C)C)c3)nnc2c1. The summed E-state index contributed by atoms with van der Waals surface area (Å²) >= 11 is 0. The number of nitrogens with zero attached hydrogens (tertiary/aromatic N) is 4. The first-order chi connectivity index (χ1) is 12.0. The standard InChI is InChI=1S/C18H21N5O2/c1-12(2)10-23-11-13(9-20-23)8-19-18(24)17-6-14-4-5-15(25-3)7-16(14)21-22-17/h4-7,9,11-12H,8,10H2,1-3H3,(H,19,24). The summed E-state index contributed by atoms with van der Waals surface area (Å²) in [6, 6.07) is 7.19. The van der Waals surface area contributed by atoms with Gasteiger partial charge < -0.3 is 10.1 Å². The van der Waals surface area contributed by atoms with Crippen LogP contribution in [-0.2, 0) is 13.1 Å². The summed E-state index contributed by atoms with van der Waals surface area (Å²) in [7, 11) is 1.60. The van der Waals surface area contributed by atoms with Crippen LogP contribution in [0.5, 0.6) is 5.75 Å². The van der Waals surface area contributed by atoms with Crippen molar-refractivity contribution in [3.8, 4) is 5.75 Å². The molecule has 0 aliphatic rings. The molecular formula is C18H21N5O2. The van der Waals surface area contributed by atoms with Crippen LogP contribution < -0.4 is 10.1 Å². The summed E-state index contributed by atoms with van der Waals surface area (Å²) < 4.78 is 7.04. The molecule has 1 amide bonds. The predicted octanol–water partition coefficient (Wildman–Crippen LogP) is 2.42. The van der Waals surface area contributed by atoms with Gasteiger partial charge in [0.1, 0.15) is 5.75 Å². The normalized spacial score (nSPS) is 11.0. The van der Waals surface area contributed by atoms with Crippen molar-refractivity contribution >= 4 is 16.8 Å². The van der Waals surface area contributed by atoms with Gasteiger partial charge in [-0.1, -0.05) is 13.8 Å². The van der Waals surface area contributed by atoms with E-state index >= 15 is 0 Å². The summed E-state index contributed by atoms with van der Waals surface area (Å²) in [5.41, 5.74) is 1.92. The Kier molecular flexibility index (Phi) is 4.92. The Hall–Kier alpha value is -2.96. The quantitative estimate of drug-likeness (QED) is 0.746. The Bertz CT molecular complexity index is 888. The number of aromatic nitrogens is 4. The number of carbonyl (C=O) groups is 1. The minimum absolute atomic E-state index is 0.262. The molecule has 3 rings (SSSR count). The average molecular weight is 339 g/mol. The van der Waals surface area contributed by atoms with Crippen LogP contribution >= 0.6 is 0 Å². The molecule has 1 N–H and O–H groups in total. The van der Waals surface area contributed by atoms with Gasteiger partial charge in [0.2, 0.25) is 0 Å². The van der Waals surface area contributed by atoms with Gasteiger partial charge >= 0.3 is 0 Å². The highest BCUT2D eigenvalue weighted by Crippen LogP contribution is 2.18. The predicted molar refractivity (Wildman–Crippen MR) is 94.3 cm³/mol. The molecule has 25 heavy (non-hydrogen) atoms. The number of rotatable bonds is 6. The molecule has 0 saturated heterocycles. The molecule has 0 fully saturated rings. The van der Waals surface area contributed by atoms with Crippen molar-refractivity contribution in [1.29, 1.82) is 0 Å². The summed E-state index contributed by atoms with van der Waals surface area (Å²) in [4.78, 5) is 12.3. The molecule has 0 aliphatic heterocycles. The van der Waals surface area contributed by atoms with Crippen LogP contribution in [0, 0.1) is 5.92 Å². The Labute approximate surface area is 146 Å². The highest BCUT2D eigenvalue weighted by molar-refractivity contribution is 5.95. The molecule has 0 saturated carbocycles. The highest BCUT2D eigenvalue weighted by Gasteiger charge is 2.10. The van der Waals surface area contributed by atoms with Gasteiger partial charge in [-0.05, 0) is 24.1 Å². The monoisotopic (exact) mass is 339 g/mol. The van der Waals surface area contributed by atoms with Crippen LogP contribution in [0.25, 0.3) is 10.9 Å². The number of methoxy groups -OCH3 is 1. The molecule has 1 aromatic carbocycles. The molecule has 0 spiro atoms. The van der Waals surface area contributed by atoms with Crippen LogP contribution in [0.1, 0.15) is 29.9 Å². The van der Waals surface area contributed by atoms with Gasteiger partial charge in [0.15, 0.2) is 5.69 Å². The number of hydrogen-bond donors (Lipinski definition) is 1. The Morgan fingerprint density at radius 3 is 2.88 bits per heavy atom. The number of amides is 1. The van der Waals surface area contributed by atoms with Gasteiger partial charge in [-0.25, -0.2) is 0 Å². The Morgan fingerprint density at radius 1 is 1.28 bits per heavy atom. The fraction of sp³-hybridized carbons (Fsp3) is 0.333. The van der Waals surface area contributed by atoms with Gasteiger partial charge in [0.25, 0.3) is 5.91 Å². The molecule has 0 bridgehead atoms. The van der Waals surface area contributed by atoms with Gasteiger partial charge in [-0.2, -0.15) is 5.10 Å². The van der Waals surface area contributed by atoms with E-state index in [1.807, 2.05) is 23.0 Å². The van der Waals surface area contributed by atoms with Crippen LogP contribution in [0.4, 0.5) is 0 Å². The van der Waals surface area contributed by atoms with E-state index < -0.39 is 0 Å². The minimum Gasteiger partial charge on any atom is -0.497 e. The molecule has 2 heterocycles. The molecule has 0 atom stereocenters.